The monoisotopic (exact) mass is 587 g/mol. The summed E-state index contributed by atoms with van der Waals surface area (Å²) in [5.74, 6) is 0.0695. The van der Waals surface area contributed by atoms with Gasteiger partial charge < -0.3 is 18.5 Å². The first-order chi connectivity index (χ1) is 15.0. The van der Waals surface area contributed by atoms with Crippen LogP contribution in [0.5, 0.6) is 5.75 Å². The Bertz CT molecular complexity index is 1080. The second-order valence-electron chi connectivity index (χ2n) is 11.0. The molecule has 0 amide bonds. The van der Waals surface area contributed by atoms with E-state index < -0.39 is 14.3 Å². The fraction of sp³-hybridized carbons (Fsp3) is 0.600. The number of hydrogen-bond acceptors (Lipinski definition) is 5. The molecule has 0 saturated carbocycles. The van der Waals surface area contributed by atoms with E-state index in [9.17, 15) is 9.59 Å². The van der Waals surface area contributed by atoms with E-state index in [4.69, 9.17) is 13.9 Å². The van der Waals surface area contributed by atoms with Gasteiger partial charge in [0.1, 0.15) is 11.3 Å². The average Bonchev–Trinajstić information content (AvgIpc) is 2.67. The Kier molecular flexibility index (Phi) is 8.50. The van der Waals surface area contributed by atoms with E-state index in [-0.39, 0.29) is 34.1 Å². The van der Waals surface area contributed by atoms with E-state index in [1.54, 1.807) is 26.3 Å². The highest BCUT2D eigenvalue weighted by atomic mass is 127. The van der Waals surface area contributed by atoms with Gasteiger partial charge in [-0.3, -0.25) is 4.79 Å². The summed E-state index contributed by atoms with van der Waals surface area (Å²) >= 11 is 2.14. The molecule has 0 aliphatic carbocycles. The zero-order valence-electron chi connectivity index (χ0n) is 21.6. The Morgan fingerprint density at radius 2 is 1.76 bits per heavy atom. The normalized spacial score (nSPS) is 13.8. The Morgan fingerprint density at radius 3 is 2.24 bits per heavy atom. The number of benzene rings is 1. The quantitative estimate of drug-likeness (QED) is 0.213. The number of fused-ring (bicyclic) bond motifs is 1. The fourth-order valence-electron chi connectivity index (χ4n) is 3.37. The molecule has 0 saturated heterocycles. The van der Waals surface area contributed by atoms with Crippen LogP contribution in [0.3, 0.4) is 0 Å². The number of hydrogen-bond donors (Lipinski definition) is 0. The van der Waals surface area contributed by atoms with E-state index in [0.717, 1.165) is 3.57 Å². The topological polar surface area (TPSA) is 66.8 Å². The van der Waals surface area contributed by atoms with Crippen molar-refractivity contribution in [3.8, 4) is 5.75 Å². The summed E-state index contributed by atoms with van der Waals surface area (Å²) in [7, 11) is -0.414. The number of carbonyl (C=O) groups is 1. The molecular formula is C25H38INO5Si. The number of esters is 1. The van der Waals surface area contributed by atoms with E-state index in [0.29, 0.717) is 23.3 Å². The molecule has 1 aromatic heterocycles. The summed E-state index contributed by atoms with van der Waals surface area (Å²) in [4.78, 5) is 26.0. The maximum absolute atomic E-state index is 13.3. The highest BCUT2D eigenvalue weighted by Gasteiger charge is 2.39. The number of aromatic nitrogens is 1. The van der Waals surface area contributed by atoms with Crippen molar-refractivity contribution in [1.82, 2.24) is 4.57 Å². The fourth-order valence-corrected chi connectivity index (χ4v) is 5.07. The summed E-state index contributed by atoms with van der Waals surface area (Å²) in [6, 6.07) is 3.52. The lowest BCUT2D eigenvalue weighted by Crippen LogP contribution is -2.43. The molecule has 184 valence electrons. The summed E-state index contributed by atoms with van der Waals surface area (Å²) in [5.41, 5.74) is 0.196. The minimum absolute atomic E-state index is 0.0342. The van der Waals surface area contributed by atoms with Crippen LogP contribution in [0.1, 0.15) is 64.9 Å². The lowest BCUT2D eigenvalue weighted by atomic mass is 9.86. The molecule has 0 fully saturated rings. The Balaban J connectivity index is 2.81. The second-order valence-corrected chi connectivity index (χ2v) is 16.9. The molecule has 0 aliphatic heterocycles. The molecule has 8 heteroatoms. The minimum Gasteiger partial charge on any atom is -0.496 e. The van der Waals surface area contributed by atoms with Crippen LogP contribution in [0.25, 0.3) is 10.9 Å². The van der Waals surface area contributed by atoms with Crippen LogP contribution in [-0.2, 0) is 9.16 Å². The molecule has 0 aliphatic rings. The van der Waals surface area contributed by atoms with Crippen molar-refractivity contribution in [1.29, 1.82) is 0 Å². The molecule has 1 atom stereocenters. The molecule has 0 bridgehead atoms. The molecule has 33 heavy (non-hydrogen) atoms. The van der Waals surface area contributed by atoms with Crippen LogP contribution < -0.4 is 10.2 Å². The maximum Gasteiger partial charge on any atom is 0.343 e. The van der Waals surface area contributed by atoms with Crippen molar-refractivity contribution in [2.45, 2.75) is 72.6 Å². The molecule has 1 aromatic carbocycles. The van der Waals surface area contributed by atoms with Gasteiger partial charge in [0.25, 0.3) is 0 Å². The van der Waals surface area contributed by atoms with Crippen molar-refractivity contribution < 1.29 is 18.7 Å². The van der Waals surface area contributed by atoms with Gasteiger partial charge in [0.05, 0.1) is 35.5 Å². The predicted octanol–water partition coefficient (Wildman–Crippen LogP) is 6.40. The molecule has 2 aromatic rings. The van der Waals surface area contributed by atoms with Gasteiger partial charge in [0, 0.05) is 17.6 Å². The van der Waals surface area contributed by atoms with Gasteiger partial charge in [-0.15, -0.1) is 0 Å². The van der Waals surface area contributed by atoms with E-state index in [1.165, 1.54) is 0 Å². The van der Waals surface area contributed by atoms with Crippen LogP contribution in [0, 0.1) is 8.99 Å². The van der Waals surface area contributed by atoms with Crippen LogP contribution in [0.15, 0.2) is 23.1 Å². The molecule has 0 unspecified atom stereocenters. The zero-order valence-corrected chi connectivity index (χ0v) is 24.7. The molecule has 0 spiro atoms. The molecular weight excluding hydrogens is 549 g/mol. The lowest BCUT2D eigenvalue weighted by molar-refractivity contribution is 0.0522. The first kappa shape index (κ1) is 27.8. The summed E-state index contributed by atoms with van der Waals surface area (Å²) in [6.45, 7) is 19.9. The highest BCUT2D eigenvalue weighted by Crippen LogP contribution is 2.40. The van der Waals surface area contributed by atoms with Crippen molar-refractivity contribution in [2.75, 3.05) is 20.3 Å². The summed E-state index contributed by atoms with van der Waals surface area (Å²) in [5, 5.41) is 0.531. The summed E-state index contributed by atoms with van der Waals surface area (Å²) < 4.78 is 20.2. The smallest absolute Gasteiger partial charge is 0.343 e. The number of halogens is 1. The first-order valence-electron chi connectivity index (χ1n) is 11.3. The van der Waals surface area contributed by atoms with Gasteiger partial charge in [-0.2, -0.15) is 0 Å². The largest absolute Gasteiger partial charge is 0.496 e. The van der Waals surface area contributed by atoms with Gasteiger partial charge in [0.2, 0.25) is 5.43 Å². The number of rotatable bonds is 7. The second kappa shape index (κ2) is 10.1. The lowest BCUT2D eigenvalue weighted by Gasteiger charge is -2.40. The van der Waals surface area contributed by atoms with Gasteiger partial charge in [-0.1, -0.05) is 41.5 Å². The number of ether oxygens (including phenoxy) is 2. The van der Waals surface area contributed by atoms with E-state index >= 15 is 0 Å². The Morgan fingerprint density at radius 1 is 1.15 bits per heavy atom. The van der Waals surface area contributed by atoms with Crippen molar-refractivity contribution in [2.24, 2.45) is 5.41 Å². The van der Waals surface area contributed by atoms with Crippen LogP contribution in [0.4, 0.5) is 0 Å². The third-order valence-electron chi connectivity index (χ3n) is 6.54. The maximum atomic E-state index is 13.3. The van der Waals surface area contributed by atoms with Crippen LogP contribution in [-0.4, -0.2) is 39.2 Å². The van der Waals surface area contributed by atoms with Gasteiger partial charge in [-0.05, 0) is 59.1 Å². The SMILES string of the molecule is CCOC(=O)c1cn([C@H](CO[Si](C)(C)C(C)(C)C)C(C)(C)C)c2cc(OC)c(I)cc2c1=O. The first-order valence-corrected chi connectivity index (χ1v) is 15.3. The van der Waals surface area contributed by atoms with Crippen molar-refractivity contribution in [3.05, 3.63) is 37.7 Å². The van der Waals surface area contributed by atoms with Crippen molar-refractivity contribution in [3.63, 3.8) is 0 Å². The minimum atomic E-state index is -2.03. The standard InChI is InChI=1S/C25H38INO5Si/c1-11-31-23(29)17-14-27(19-13-20(30-8)18(26)12-16(19)22(17)28)21(24(2,3)4)15-32-33(9,10)25(5,6)7/h12-14,21H,11,15H2,1-10H3/t21-/m1/s1. The number of carbonyl (C=O) groups excluding carboxylic acids is 1. The third-order valence-corrected chi connectivity index (χ3v) is 11.9. The van der Waals surface area contributed by atoms with Gasteiger partial charge in [-0.25, -0.2) is 4.79 Å². The summed E-state index contributed by atoms with van der Waals surface area (Å²) in [6.07, 6.45) is 1.64. The van der Waals surface area contributed by atoms with Crippen LogP contribution in [0.2, 0.25) is 18.1 Å². The number of nitrogens with zero attached hydrogens (tertiary/aromatic N) is 1. The molecule has 0 radical (unpaired) electrons. The molecule has 1 heterocycles. The average molecular weight is 588 g/mol. The van der Waals surface area contributed by atoms with Gasteiger partial charge >= 0.3 is 5.97 Å². The van der Waals surface area contributed by atoms with Crippen molar-refractivity contribution >= 4 is 47.8 Å². The molecule has 6 nitrogen and oxygen atoms in total. The number of pyridine rings is 1. The predicted molar refractivity (Wildman–Crippen MR) is 145 cm³/mol. The molecule has 2 rings (SSSR count). The zero-order chi connectivity index (χ0) is 25.4. The van der Waals surface area contributed by atoms with E-state index in [1.807, 2.05) is 10.6 Å². The third kappa shape index (κ3) is 6.00. The molecule has 0 N–H and O–H groups in total. The Hall–Kier alpha value is -1.39. The van der Waals surface area contributed by atoms with Gasteiger partial charge in [0.15, 0.2) is 8.32 Å². The Labute approximate surface area is 212 Å². The number of methoxy groups -OCH3 is 1. The highest BCUT2D eigenvalue weighted by molar-refractivity contribution is 14.1. The van der Waals surface area contributed by atoms with E-state index in [2.05, 4.69) is 77.2 Å². The van der Waals surface area contributed by atoms with Crippen LogP contribution >= 0.6 is 22.6 Å².